The minimum atomic E-state index is -0.660. The molecule has 0 aliphatic carbocycles. The summed E-state index contributed by atoms with van der Waals surface area (Å²) in [6.45, 7) is -0.0536. The van der Waals surface area contributed by atoms with Crippen molar-refractivity contribution in [2.75, 3.05) is 0 Å². The van der Waals surface area contributed by atoms with Crippen molar-refractivity contribution in [3.63, 3.8) is 0 Å². The van der Waals surface area contributed by atoms with Crippen molar-refractivity contribution < 1.29 is 19.0 Å². The van der Waals surface area contributed by atoms with Gasteiger partial charge in [-0.3, -0.25) is 20.2 Å². The second-order valence-electron chi connectivity index (χ2n) is 3.66. The van der Waals surface area contributed by atoms with Gasteiger partial charge in [-0.2, -0.15) is 0 Å². The highest BCUT2D eigenvalue weighted by Gasteiger charge is 2.14. The van der Waals surface area contributed by atoms with Crippen LogP contribution in [0.1, 0.15) is 5.76 Å². The van der Waals surface area contributed by atoms with E-state index < -0.39 is 9.85 Å². The Labute approximate surface area is 116 Å². The van der Waals surface area contributed by atoms with Gasteiger partial charge >= 0.3 is 5.88 Å². The van der Waals surface area contributed by atoms with Crippen LogP contribution in [0.4, 0.5) is 11.6 Å². The Bertz CT molecular complexity index is 669. The highest BCUT2D eigenvalue weighted by molar-refractivity contribution is 6.32. The standard InChI is InChI=1S/C11H7ClN2O6/c12-9-5-7(1-3-10(9)13(15)16)19-6-8-2-4-11(20-8)14(17)18/h1-5H,6H2. The van der Waals surface area contributed by atoms with Crippen LogP contribution in [0.5, 0.6) is 5.75 Å². The molecule has 0 aliphatic rings. The van der Waals surface area contributed by atoms with Gasteiger partial charge in [0.1, 0.15) is 28.1 Å². The number of hydrogen-bond donors (Lipinski definition) is 0. The van der Waals surface area contributed by atoms with Crippen molar-refractivity contribution in [3.05, 3.63) is 61.3 Å². The Hall–Kier alpha value is -2.61. The minimum absolute atomic E-state index is 0.0536. The molecule has 0 unspecified atom stereocenters. The Balaban J connectivity index is 2.05. The Kier molecular flexibility index (Phi) is 3.85. The van der Waals surface area contributed by atoms with Crippen molar-refractivity contribution in [2.45, 2.75) is 6.61 Å². The van der Waals surface area contributed by atoms with Crippen molar-refractivity contribution in [1.29, 1.82) is 0 Å². The van der Waals surface area contributed by atoms with Crippen LogP contribution in [0.3, 0.4) is 0 Å². The van der Waals surface area contributed by atoms with Gasteiger partial charge in [-0.1, -0.05) is 11.6 Å². The fraction of sp³-hybridized carbons (Fsp3) is 0.0909. The fourth-order valence-electron chi connectivity index (χ4n) is 1.42. The molecule has 8 nitrogen and oxygen atoms in total. The molecule has 0 atom stereocenters. The lowest BCUT2D eigenvalue weighted by Gasteiger charge is -2.04. The molecule has 2 rings (SSSR count). The molecule has 0 N–H and O–H groups in total. The molecule has 104 valence electrons. The first-order chi connectivity index (χ1) is 9.47. The number of nitrogens with zero attached hydrogens (tertiary/aromatic N) is 2. The molecule has 0 fully saturated rings. The number of ether oxygens (including phenoxy) is 1. The molecule has 1 aromatic carbocycles. The average Bonchev–Trinajstić information content (AvgIpc) is 2.85. The Morgan fingerprint density at radius 1 is 1.15 bits per heavy atom. The second kappa shape index (κ2) is 5.57. The van der Waals surface area contributed by atoms with E-state index >= 15 is 0 Å². The van der Waals surface area contributed by atoms with E-state index in [4.69, 9.17) is 20.8 Å². The molecule has 1 heterocycles. The van der Waals surface area contributed by atoms with E-state index in [1.807, 2.05) is 0 Å². The molecule has 0 bridgehead atoms. The van der Waals surface area contributed by atoms with E-state index in [1.165, 1.54) is 30.3 Å². The van der Waals surface area contributed by atoms with E-state index in [0.717, 1.165) is 0 Å². The molecule has 2 aromatic rings. The van der Waals surface area contributed by atoms with Gasteiger partial charge in [-0.05, 0) is 12.1 Å². The molecule has 0 spiro atoms. The van der Waals surface area contributed by atoms with Crippen molar-refractivity contribution in [2.24, 2.45) is 0 Å². The maximum Gasteiger partial charge on any atom is 0.433 e. The van der Waals surface area contributed by atoms with Crippen LogP contribution >= 0.6 is 11.6 Å². The van der Waals surface area contributed by atoms with Gasteiger partial charge < -0.3 is 9.15 Å². The third-order valence-corrected chi connectivity index (χ3v) is 2.63. The molecule has 0 radical (unpaired) electrons. The summed E-state index contributed by atoms with van der Waals surface area (Å²) < 4.78 is 10.2. The first-order valence-electron chi connectivity index (χ1n) is 5.27. The zero-order chi connectivity index (χ0) is 14.7. The summed E-state index contributed by atoms with van der Waals surface area (Å²) >= 11 is 5.72. The van der Waals surface area contributed by atoms with Gasteiger partial charge in [0.2, 0.25) is 0 Å². The van der Waals surface area contributed by atoms with Gasteiger partial charge in [0.15, 0.2) is 0 Å². The summed E-state index contributed by atoms with van der Waals surface area (Å²) in [5.41, 5.74) is -0.229. The van der Waals surface area contributed by atoms with Crippen LogP contribution in [-0.2, 0) is 6.61 Å². The monoisotopic (exact) mass is 298 g/mol. The van der Waals surface area contributed by atoms with Crippen molar-refractivity contribution in [3.8, 4) is 5.75 Å². The summed E-state index contributed by atoms with van der Waals surface area (Å²) in [5, 5.41) is 20.9. The average molecular weight is 299 g/mol. The lowest BCUT2D eigenvalue weighted by atomic mass is 10.3. The van der Waals surface area contributed by atoms with Crippen molar-refractivity contribution in [1.82, 2.24) is 0 Å². The summed E-state index contributed by atoms with van der Waals surface area (Å²) in [7, 11) is 0. The zero-order valence-corrected chi connectivity index (χ0v) is 10.6. The summed E-state index contributed by atoms with van der Waals surface area (Å²) in [5.74, 6) is 0.163. The summed E-state index contributed by atoms with van der Waals surface area (Å²) in [6, 6.07) is 6.49. The highest BCUT2D eigenvalue weighted by atomic mass is 35.5. The van der Waals surface area contributed by atoms with Crippen LogP contribution in [0.25, 0.3) is 0 Å². The first-order valence-corrected chi connectivity index (χ1v) is 5.65. The van der Waals surface area contributed by atoms with Crippen LogP contribution in [0.15, 0.2) is 34.7 Å². The lowest BCUT2D eigenvalue weighted by Crippen LogP contribution is -1.95. The third-order valence-electron chi connectivity index (χ3n) is 2.32. The highest BCUT2D eigenvalue weighted by Crippen LogP contribution is 2.29. The van der Waals surface area contributed by atoms with Gasteiger partial charge in [-0.15, -0.1) is 0 Å². The van der Waals surface area contributed by atoms with Crippen LogP contribution in [0.2, 0.25) is 5.02 Å². The van der Waals surface area contributed by atoms with Crippen molar-refractivity contribution >= 4 is 23.2 Å². The summed E-state index contributed by atoms with van der Waals surface area (Å²) in [6.07, 6.45) is 0. The normalized spacial score (nSPS) is 10.2. The predicted molar refractivity (Wildman–Crippen MR) is 67.8 cm³/mol. The zero-order valence-electron chi connectivity index (χ0n) is 9.82. The van der Waals surface area contributed by atoms with E-state index in [1.54, 1.807) is 0 Å². The third kappa shape index (κ3) is 3.04. The van der Waals surface area contributed by atoms with Crippen LogP contribution < -0.4 is 4.74 Å². The SMILES string of the molecule is O=[N+]([O-])c1ccc(COc2ccc([N+](=O)[O-])c(Cl)c2)o1. The lowest BCUT2D eigenvalue weighted by molar-refractivity contribution is -0.402. The van der Waals surface area contributed by atoms with E-state index in [9.17, 15) is 20.2 Å². The van der Waals surface area contributed by atoms with Gasteiger partial charge in [-0.25, -0.2) is 0 Å². The van der Waals surface area contributed by atoms with E-state index in [0.29, 0.717) is 5.75 Å². The predicted octanol–water partition coefficient (Wildman–Crippen LogP) is 3.33. The van der Waals surface area contributed by atoms with E-state index in [-0.39, 0.29) is 29.0 Å². The molecule has 0 saturated carbocycles. The number of halogens is 1. The number of furan rings is 1. The summed E-state index contributed by atoms with van der Waals surface area (Å²) in [4.78, 5) is 19.7. The van der Waals surface area contributed by atoms with Gasteiger partial charge in [0.25, 0.3) is 5.69 Å². The number of rotatable bonds is 5. The van der Waals surface area contributed by atoms with Gasteiger partial charge in [0, 0.05) is 12.1 Å². The molecule has 20 heavy (non-hydrogen) atoms. The topological polar surface area (TPSA) is 109 Å². The van der Waals surface area contributed by atoms with Crippen LogP contribution in [0, 0.1) is 20.2 Å². The molecule has 1 aromatic heterocycles. The first kappa shape index (κ1) is 13.8. The smallest absolute Gasteiger partial charge is 0.433 e. The maximum absolute atomic E-state index is 10.6. The molecule has 0 saturated heterocycles. The molecular weight excluding hydrogens is 292 g/mol. The minimum Gasteiger partial charge on any atom is -0.486 e. The molecule has 9 heteroatoms. The molecule has 0 aliphatic heterocycles. The number of nitro groups is 2. The molecule has 0 amide bonds. The Morgan fingerprint density at radius 3 is 2.45 bits per heavy atom. The van der Waals surface area contributed by atoms with Gasteiger partial charge in [0.05, 0.1) is 11.0 Å². The maximum atomic E-state index is 10.6. The molecular formula is C11H7ClN2O6. The second-order valence-corrected chi connectivity index (χ2v) is 4.06. The van der Waals surface area contributed by atoms with E-state index in [2.05, 4.69) is 0 Å². The van der Waals surface area contributed by atoms with Crippen LogP contribution in [-0.4, -0.2) is 9.85 Å². The number of benzene rings is 1. The quantitative estimate of drug-likeness (QED) is 0.618. The fourth-order valence-corrected chi connectivity index (χ4v) is 1.66. The Morgan fingerprint density at radius 2 is 1.90 bits per heavy atom. The number of hydrogen-bond acceptors (Lipinski definition) is 6. The largest absolute Gasteiger partial charge is 0.486 e. The number of nitro benzene ring substituents is 1.